The number of hydrogen-bond donors (Lipinski definition) is 2. The summed E-state index contributed by atoms with van der Waals surface area (Å²) in [5.74, 6) is -3.17. The first-order valence-electron chi connectivity index (χ1n) is 5.89. The first-order valence-corrected chi connectivity index (χ1v) is 6.27. The zero-order valence-corrected chi connectivity index (χ0v) is 11.3. The fourth-order valence-corrected chi connectivity index (χ4v) is 2.19. The minimum atomic E-state index is -1.38. The number of halogens is 3. The van der Waals surface area contributed by atoms with E-state index >= 15 is 0 Å². The van der Waals surface area contributed by atoms with Crippen LogP contribution < -0.4 is 5.32 Å². The molecule has 1 aromatic rings. The molecule has 0 spiro atoms. The maximum Gasteiger partial charge on any atom is 0.338 e. The van der Waals surface area contributed by atoms with Gasteiger partial charge in [-0.05, 0) is 24.3 Å². The number of nitrogens with one attached hydrogen (secondary N) is 1. The highest BCUT2D eigenvalue weighted by Gasteiger charge is 2.34. The van der Waals surface area contributed by atoms with Crippen molar-refractivity contribution in [3.63, 3.8) is 0 Å². The lowest BCUT2D eigenvalue weighted by atomic mass is 9.95. The summed E-state index contributed by atoms with van der Waals surface area (Å²) in [6, 6.07) is 3.88. The highest BCUT2D eigenvalue weighted by molar-refractivity contribution is 6.27. The van der Waals surface area contributed by atoms with Crippen LogP contribution in [0.4, 0.5) is 14.5 Å². The van der Waals surface area contributed by atoms with Crippen molar-refractivity contribution in [1.29, 1.82) is 0 Å². The lowest BCUT2D eigenvalue weighted by molar-refractivity contribution is 0.0692. The summed E-state index contributed by atoms with van der Waals surface area (Å²) in [6.07, 6.45) is 3.96. The number of aromatic carboxylic acids is 1. The standard InChI is InChI=1S/C14H12ClF2NO2/c1-8-5-6-9(16)7-14(8,15)18-11-4-2-3-10(12(11)17)13(19)20/h2-8,18H,1H3,(H,19,20). The van der Waals surface area contributed by atoms with Gasteiger partial charge in [0.1, 0.15) is 10.8 Å². The number of rotatable bonds is 3. The van der Waals surface area contributed by atoms with Gasteiger partial charge in [-0.25, -0.2) is 13.6 Å². The molecule has 0 radical (unpaired) electrons. The SMILES string of the molecule is CC1C=CC(F)=CC1(Cl)Nc1cccc(C(=O)O)c1F. The van der Waals surface area contributed by atoms with Gasteiger partial charge in [-0.1, -0.05) is 30.7 Å². The third-order valence-corrected chi connectivity index (χ3v) is 3.66. The third-order valence-electron chi connectivity index (χ3n) is 3.11. The molecule has 0 aromatic heterocycles. The lowest BCUT2D eigenvalue weighted by Gasteiger charge is -2.32. The molecule has 0 heterocycles. The van der Waals surface area contributed by atoms with Crippen molar-refractivity contribution in [2.24, 2.45) is 5.92 Å². The van der Waals surface area contributed by atoms with Crippen LogP contribution in [0.15, 0.2) is 42.3 Å². The van der Waals surface area contributed by atoms with Crippen LogP contribution >= 0.6 is 11.6 Å². The molecular formula is C14H12ClF2NO2. The van der Waals surface area contributed by atoms with E-state index in [1.165, 1.54) is 18.2 Å². The Bertz CT molecular complexity index is 615. The zero-order valence-electron chi connectivity index (χ0n) is 10.5. The Kier molecular flexibility index (Phi) is 3.81. The predicted molar refractivity (Wildman–Crippen MR) is 73.1 cm³/mol. The van der Waals surface area contributed by atoms with E-state index in [-0.39, 0.29) is 11.6 Å². The van der Waals surface area contributed by atoms with Gasteiger partial charge in [0.25, 0.3) is 0 Å². The number of carboxylic acids is 1. The van der Waals surface area contributed by atoms with Gasteiger partial charge in [-0.15, -0.1) is 0 Å². The second kappa shape index (κ2) is 5.25. The highest BCUT2D eigenvalue weighted by atomic mass is 35.5. The molecule has 2 rings (SSSR count). The summed E-state index contributed by atoms with van der Waals surface area (Å²) in [7, 11) is 0. The van der Waals surface area contributed by atoms with E-state index in [0.29, 0.717) is 0 Å². The molecule has 0 fully saturated rings. The summed E-state index contributed by atoms with van der Waals surface area (Å²) in [6.45, 7) is 1.73. The van der Waals surface area contributed by atoms with E-state index in [2.05, 4.69) is 5.32 Å². The van der Waals surface area contributed by atoms with Crippen molar-refractivity contribution < 1.29 is 18.7 Å². The van der Waals surface area contributed by atoms with Crippen molar-refractivity contribution in [1.82, 2.24) is 0 Å². The zero-order chi connectivity index (χ0) is 14.9. The van der Waals surface area contributed by atoms with Gasteiger partial charge in [0.2, 0.25) is 0 Å². The van der Waals surface area contributed by atoms with E-state index < -0.39 is 28.2 Å². The molecule has 2 unspecified atom stereocenters. The molecule has 1 aliphatic carbocycles. The third kappa shape index (κ3) is 2.67. The van der Waals surface area contributed by atoms with E-state index in [1.807, 2.05) is 0 Å². The fourth-order valence-electron chi connectivity index (χ4n) is 1.91. The maximum atomic E-state index is 14.0. The van der Waals surface area contributed by atoms with Crippen molar-refractivity contribution in [3.8, 4) is 0 Å². The van der Waals surface area contributed by atoms with Gasteiger partial charge in [0.05, 0.1) is 11.3 Å². The second-order valence-corrected chi connectivity index (χ2v) is 5.17. The number of allylic oxidation sites excluding steroid dienone is 2. The molecule has 0 aliphatic heterocycles. The maximum absolute atomic E-state index is 14.0. The molecule has 0 bridgehead atoms. The normalized spacial score (nSPS) is 25.2. The topological polar surface area (TPSA) is 49.3 Å². The van der Waals surface area contributed by atoms with E-state index in [1.54, 1.807) is 13.0 Å². The van der Waals surface area contributed by atoms with Gasteiger partial charge >= 0.3 is 5.97 Å². The summed E-state index contributed by atoms with van der Waals surface area (Å²) < 4.78 is 27.4. The van der Waals surface area contributed by atoms with Crippen LogP contribution in [0.25, 0.3) is 0 Å². The van der Waals surface area contributed by atoms with Crippen LogP contribution in [0.2, 0.25) is 0 Å². The minimum absolute atomic E-state index is 0.0916. The van der Waals surface area contributed by atoms with Crippen LogP contribution in [-0.4, -0.2) is 16.1 Å². The summed E-state index contributed by atoms with van der Waals surface area (Å²) in [4.78, 5) is 9.53. The van der Waals surface area contributed by atoms with Crippen LogP contribution in [0.3, 0.4) is 0 Å². The van der Waals surface area contributed by atoms with Gasteiger partial charge in [0.15, 0.2) is 5.82 Å². The predicted octanol–water partition coefficient (Wildman–Crippen LogP) is 3.93. The Labute approximate surface area is 119 Å². The van der Waals surface area contributed by atoms with Crippen molar-refractivity contribution in [2.45, 2.75) is 11.9 Å². The van der Waals surface area contributed by atoms with E-state index in [4.69, 9.17) is 16.7 Å². The molecule has 2 atom stereocenters. The molecule has 6 heteroatoms. The minimum Gasteiger partial charge on any atom is -0.478 e. The quantitative estimate of drug-likeness (QED) is 0.657. The molecule has 106 valence electrons. The highest BCUT2D eigenvalue weighted by Crippen LogP contribution is 2.35. The number of carbonyl (C=O) groups is 1. The van der Waals surface area contributed by atoms with Crippen molar-refractivity contribution >= 4 is 23.3 Å². The molecule has 20 heavy (non-hydrogen) atoms. The Balaban J connectivity index is 2.37. The number of alkyl halides is 1. The molecule has 0 amide bonds. The smallest absolute Gasteiger partial charge is 0.338 e. The van der Waals surface area contributed by atoms with E-state index in [0.717, 1.165) is 12.1 Å². The molecular weight excluding hydrogens is 288 g/mol. The first-order chi connectivity index (χ1) is 9.33. The molecule has 1 aliphatic rings. The Morgan fingerprint density at radius 1 is 1.45 bits per heavy atom. The van der Waals surface area contributed by atoms with Crippen LogP contribution in [0.5, 0.6) is 0 Å². The summed E-state index contributed by atoms with van der Waals surface area (Å²) >= 11 is 6.27. The lowest BCUT2D eigenvalue weighted by Crippen LogP contribution is -2.38. The van der Waals surface area contributed by atoms with E-state index in [9.17, 15) is 13.6 Å². The van der Waals surface area contributed by atoms with Crippen LogP contribution in [0.1, 0.15) is 17.3 Å². The number of benzene rings is 1. The number of anilines is 1. The molecule has 3 nitrogen and oxygen atoms in total. The van der Waals surface area contributed by atoms with Crippen molar-refractivity contribution in [3.05, 3.63) is 53.6 Å². The molecule has 2 N–H and O–H groups in total. The summed E-state index contributed by atoms with van der Waals surface area (Å²) in [5, 5.41) is 11.5. The van der Waals surface area contributed by atoms with Gasteiger partial charge in [0, 0.05) is 5.92 Å². The number of carboxylic acid groups (broad SMARTS) is 1. The average molecular weight is 300 g/mol. The Hall–Kier alpha value is -1.88. The summed E-state index contributed by atoms with van der Waals surface area (Å²) in [5.41, 5.74) is -0.565. The largest absolute Gasteiger partial charge is 0.478 e. The van der Waals surface area contributed by atoms with Gasteiger partial charge in [-0.2, -0.15) is 0 Å². The van der Waals surface area contributed by atoms with Gasteiger partial charge < -0.3 is 10.4 Å². The van der Waals surface area contributed by atoms with Crippen LogP contribution in [-0.2, 0) is 0 Å². The van der Waals surface area contributed by atoms with Gasteiger partial charge in [-0.3, -0.25) is 0 Å². The molecule has 1 aromatic carbocycles. The molecule has 0 saturated heterocycles. The van der Waals surface area contributed by atoms with Crippen molar-refractivity contribution in [2.75, 3.05) is 5.32 Å². The Morgan fingerprint density at radius 2 is 2.15 bits per heavy atom. The second-order valence-electron chi connectivity index (χ2n) is 4.54. The monoisotopic (exact) mass is 299 g/mol. The average Bonchev–Trinajstić information content (AvgIpc) is 2.36. The van der Waals surface area contributed by atoms with Crippen LogP contribution in [0, 0.1) is 11.7 Å². The number of hydrogen-bond acceptors (Lipinski definition) is 2. The first kappa shape index (κ1) is 14.5. The Morgan fingerprint density at radius 3 is 2.80 bits per heavy atom. The fraction of sp³-hybridized carbons (Fsp3) is 0.214. The molecule has 0 saturated carbocycles.